The van der Waals surface area contributed by atoms with Crippen LogP contribution in [0.1, 0.15) is 24.0 Å². The highest BCUT2D eigenvalue weighted by atomic mass is 16.6. The van der Waals surface area contributed by atoms with Crippen LogP contribution in [0.25, 0.3) is 0 Å². The maximum absolute atomic E-state index is 13.0. The molecule has 1 atom stereocenters. The van der Waals surface area contributed by atoms with Crippen molar-refractivity contribution in [1.29, 1.82) is 0 Å². The number of carbonyl (C=O) groups is 1. The molecule has 4 nitrogen and oxygen atoms in total. The van der Waals surface area contributed by atoms with Gasteiger partial charge in [-0.25, -0.2) is 4.79 Å². The monoisotopic (exact) mass is 340 g/mol. The third kappa shape index (κ3) is 3.46. The zero-order valence-corrected chi connectivity index (χ0v) is 14.9. The number of hydrogen-bond acceptors (Lipinski definition) is 3. The zero-order chi connectivity index (χ0) is 17.9. The molecule has 1 aliphatic heterocycles. The number of hydrogen-bond donors (Lipinski definition) is 1. The number of carbonyl (C=O) groups excluding carboxylic acids is 1. The van der Waals surface area contributed by atoms with E-state index < -0.39 is 11.6 Å². The Morgan fingerprint density at radius 3 is 2.04 bits per heavy atom. The number of quaternary nitrogens is 1. The van der Waals surface area contributed by atoms with Crippen LogP contribution in [0.15, 0.2) is 60.7 Å². The van der Waals surface area contributed by atoms with Gasteiger partial charge < -0.3 is 14.3 Å². The van der Waals surface area contributed by atoms with E-state index in [1.54, 1.807) is 24.3 Å². The van der Waals surface area contributed by atoms with E-state index in [1.807, 2.05) is 36.4 Å². The molecule has 2 aromatic carbocycles. The quantitative estimate of drug-likeness (QED) is 0.672. The third-order valence-electron chi connectivity index (χ3n) is 5.35. The van der Waals surface area contributed by atoms with Gasteiger partial charge in [0.05, 0.1) is 20.6 Å². The lowest BCUT2D eigenvalue weighted by Crippen LogP contribution is -2.48. The molecule has 0 saturated carbocycles. The van der Waals surface area contributed by atoms with Gasteiger partial charge in [-0.1, -0.05) is 60.7 Å². The van der Waals surface area contributed by atoms with Crippen molar-refractivity contribution in [1.82, 2.24) is 0 Å². The van der Waals surface area contributed by atoms with Crippen LogP contribution in [0.2, 0.25) is 0 Å². The SMILES string of the molecule is C[N+]1(C)CCC[C@H]1COC(=O)C(O)(c1ccccc1)c1ccccc1. The Kier molecular flexibility index (Phi) is 4.93. The number of ether oxygens (including phenoxy) is 1. The Hall–Kier alpha value is -2.17. The molecule has 25 heavy (non-hydrogen) atoms. The molecule has 132 valence electrons. The number of likely N-dealkylation sites (N-methyl/N-ethyl adjacent to an activating group) is 1. The molecule has 0 bridgehead atoms. The Morgan fingerprint density at radius 2 is 1.60 bits per heavy atom. The van der Waals surface area contributed by atoms with Crippen LogP contribution in [-0.4, -0.2) is 48.8 Å². The smallest absolute Gasteiger partial charge is 0.347 e. The summed E-state index contributed by atoms with van der Waals surface area (Å²) in [6.07, 6.45) is 2.17. The molecule has 1 saturated heterocycles. The van der Waals surface area contributed by atoms with Gasteiger partial charge in [0, 0.05) is 12.8 Å². The molecule has 3 rings (SSSR count). The summed E-state index contributed by atoms with van der Waals surface area (Å²) in [7, 11) is 4.32. The van der Waals surface area contributed by atoms with Crippen LogP contribution in [0, 0.1) is 0 Å². The van der Waals surface area contributed by atoms with E-state index in [0.717, 1.165) is 23.9 Å². The van der Waals surface area contributed by atoms with Gasteiger partial charge in [0.15, 0.2) is 0 Å². The topological polar surface area (TPSA) is 46.5 Å². The fraction of sp³-hybridized carbons (Fsp3) is 0.381. The fourth-order valence-electron chi connectivity index (χ4n) is 3.59. The molecule has 4 heteroatoms. The molecule has 1 aliphatic rings. The van der Waals surface area contributed by atoms with Crippen molar-refractivity contribution < 1.29 is 19.1 Å². The summed E-state index contributed by atoms with van der Waals surface area (Å²) in [6.45, 7) is 1.41. The van der Waals surface area contributed by atoms with Gasteiger partial charge >= 0.3 is 5.97 Å². The molecular weight excluding hydrogens is 314 g/mol. The summed E-state index contributed by atoms with van der Waals surface area (Å²) in [5.41, 5.74) is -0.754. The van der Waals surface area contributed by atoms with Crippen molar-refractivity contribution >= 4 is 5.97 Å². The van der Waals surface area contributed by atoms with Gasteiger partial charge in [-0.15, -0.1) is 0 Å². The summed E-state index contributed by atoms with van der Waals surface area (Å²) in [5, 5.41) is 11.3. The van der Waals surface area contributed by atoms with Crippen molar-refractivity contribution in [2.75, 3.05) is 27.2 Å². The average molecular weight is 340 g/mol. The van der Waals surface area contributed by atoms with Crippen molar-refractivity contribution in [3.8, 4) is 0 Å². The first-order chi connectivity index (χ1) is 11.9. The van der Waals surface area contributed by atoms with E-state index in [1.165, 1.54) is 0 Å². The first-order valence-corrected chi connectivity index (χ1v) is 8.78. The maximum Gasteiger partial charge on any atom is 0.347 e. The van der Waals surface area contributed by atoms with Gasteiger partial charge in [0.2, 0.25) is 5.60 Å². The third-order valence-corrected chi connectivity index (χ3v) is 5.35. The van der Waals surface area contributed by atoms with E-state index in [2.05, 4.69) is 14.1 Å². The standard InChI is InChI=1S/C21H26NO3/c1-22(2)15-9-14-19(22)16-25-20(23)21(24,17-10-5-3-6-11-17)18-12-7-4-8-13-18/h3-8,10-13,19,24H,9,14-16H2,1-2H3/q+1/t19-/m0/s1. The van der Waals surface area contributed by atoms with Gasteiger partial charge in [0.25, 0.3) is 0 Å². The summed E-state index contributed by atoms with van der Waals surface area (Å²) in [6, 6.07) is 18.3. The van der Waals surface area contributed by atoms with Crippen molar-refractivity contribution in [2.24, 2.45) is 0 Å². The van der Waals surface area contributed by atoms with Crippen molar-refractivity contribution in [2.45, 2.75) is 24.5 Å². The molecule has 0 spiro atoms. The predicted octanol–water partition coefficient (Wildman–Crippen LogP) is 2.70. The largest absolute Gasteiger partial charge is 0.457 e. The number of aliphatic hydroxyl groups is 1. The molecule has 2 aromatic rings. The molecule has 1 N–H and O–H groups in total. The second kappa shape index (κ2) is 6.98. The Balaban J connectivity index is 1.86. The molecule has 0 radical (unpaired) electrons. The highest BCUT2D eigenvalue weighted by molar-refractivity contribution is 5.85. The highest BCUT2D eigenvalue weighted by Gasteiger charge is 2.43. The molecule has 0 amide bonds. The minimum absolute atomic E-state index is 0.278. The van der Waals surface area contributed by atoms with Gasteiger partial charge in [-0.3, -0.25) is 0 Å². The van der Waals surface area contributed by atoms with Crippen LogP contribution in [0.4, 0.5) is 0 Å². The zero-order valence-electron chi connectivity index (χ0n) is 14.9. The summed E-state index contributed by atoms with van der Waals surface area (Å²) in [5.74, 6) is -0.614. The highest BCUT2D eigenvalue weighted by Crippen LogP contribution is 2.32. The van der Waals surface area contributed by atoms with E-state index >= 15 is 0 Å². The fourth-order valence-corrected chi connectivity index (χ4v) is 3.59. The predicted molar refractivity (Wildman–Crippen MR) is 96.8 cm³/mol. The Bertz CT molecular complexity index is 673. The van der Waals surface area contributed by atoms with Crippen LogP contribution in [0.5, 0.6) is 0 Å². The normalized spacial score (nSPS) is 19.6. The van der Waals surface area contributed by atoms with Crippen LogP contribution in [0.3, 0.4) is 0 Å². The molecule has 1 heterocycles. The maximum atomic E-state index is 13.0. The lowest BCUT2D eigenvalue weighted by Gasteiger charge is -2.32. The minimum atomic E-state index is -1.79. The van der Waals surface area contributed by atoms with Crippen LogP contribution < -0.4 is 0 Å². The van der Waals surface area contributed by atoms with Crippen molar-refractivity contribution in [3.05, 3.63) is 71.8 Å². The van der Waals surface area contributed by atoms with Crippen LogP contribution >= 0.6 is 0 Å². The van der Waals surface area contributed by atoms with Crippen LogP contribution in [-0.2, 0) is 15.1 Å². The molecule has 1 fully saturated rings. The average Bonchev–Trinajstić information content (AvgIpc) is 2.98. The van der Waals surface area contributed by atoms with E-state index in [9.17, 15) is 9.90 Å². The molecule has 0 aliphatic carbocycles. The second-order valence-electron chi connectivity index (χ2n) is 7.34. The first kappa shape index (κ1) is 17.6. The molecular formula is C21H26NO3+. The number of esters is 1. The van der Waals surface area contributed by atoms with Gasteiger partial charge in [0.1, 0.15) is 12.6 Å². The van der Waals surface area contributed by atoms with Crippen molar-refractivity contribution in [3.63, 3.8) is 0 Å². The first-order valence-electron chi connectivity index (χ1n) is 8.78. The number of likely N-dealkylation sites (tertiary alicyclic amines) is 1. The minimum Gasteiger partial charge on any atom is -0.457 e. The summed E-state index contributed by atoms with van der Waals surface area (Å²) in [4.78, 5) is 13.0. The summed E-state index contributed by atoms with van der Waals surface area (Å²) < 4.78 is 6.48. The Labute approximate surface area is 149 Å². The van der Waals surface area contributed by atoms with Gasteiger partial charge in [-0.2, -0.15) is 0 Å². The molecule has 0 unspecified atom stereocenters. The molecule has 0 aromatic heterocycles. The van der Waals surface area contributed by atoms with E-state index in [0.29, 0.717) is 17.7 Å². The lowest BCUT2D eigenvalue weighted by atomic mass is 9.86. The second-order valence-corrected chi connectivity index (χ2v) is 7.34. The number of nitrogens with zero attached hydrogens (tertiary/aromatic N) is 1. The van der Waals surface area contributed by atoms with E-state index in [4.69, 9.17) is 4.74 Å². The van der Waals surface area contributed by atoms with E-state index in [-0.39, 0.29) is 6.04 Å². The Morgan fingerprint density at radius 1 is 1.08 bits per heavy atom. The number of rotatable bonds is 5. The lowest BCUT2D eigenvalue weighted by molar-refractivity contribution is -0.902. The van der Waals surface area contributed by atoms with Gasteiger partial charge in [-0.05, 0) is 11.1 Å². The number of benzene rings is 2. The summed E-state index contributed by atoms with van der Waals surface area (Å²) >= 11 is 0.